The SMILES string of the molecule is CCC(C)C.CCCOC(COCCC(=O)OC)CC(C)O. The first kappa shape index (κ1) is 23.6. The van der Waals surface area contributed by atoms with Gasteiger partial charge in [0.1, 0.15) is 0 Å². The summed E-state index contributed by atoms with van der Waals surface area (Å²) in [5, 5.41) is 9.30. The van der Waals surface area contributed by atoms with Crippen LogP contribution in [0.1, 0.15) is 60.3 Å². The predicted octanol–water partition coefficient (Wildman–Crippen LogP) is 3.18. The molecule has 0 aliphatic carbocycles. The smallest absolute Gasteiger partial charge is 0.307 e. The molecule has 22 heavy (non-hydrogen) atoms. The molecule has 5 nitrogen and oxygen atoms in total. The molecule has 0 saturated carbocycles. The molecule has 0 heterocycles. The van der Waals surface area contributed by atoms with Crippen LogP contribution in [0.25, 0.3) is 0 Å². The Morgan fingerprint density at radius 2 is 1.73 bits per heavy atom. The fourth-order valence-corrected chi connectivity index (χ4v) is 1.32. The zero-order valence-corrected chi connectivity index (χ0v) is 15.3. The maximum absolute atomic E-state index is 10.8. The van der Waals surface area contributed by atoms with E-state index in [4.69, 9.17) is 9.47 Å². The summed E-state index contributed by atoms with van der Waals surface area (Å²) < 4.78 is 15.4. The predicted molar refractivity (Wildman–Crippen MR) is 88.9 cm³/mol. The van der Waals surface area contributed by atoms with Crippen LogP contribution in [-0.2, 0) is 19.0 Å². The van der Waals surface area contributed by atoms with Gasteiger partial charge in [-0.05, 0) is 19.3 Å². The summed E-state index contributed by atoms with van der Waals surface area (Å²) in [6, 6.07) is 0. The molecule has 0 aliphatic heterocycles. The van der Waals surface area contributed by atoms with Crippen molar-refractivity contribution in [3.8, 4) is 0 Å². The van der Waals surface area contributed by atoms with Crippen molar-refractivity contribution < 1.29 is 24.1 Å². The van der Waals surface area contributed by atoms with Gasteiger partial charge in [-0.25, -0.2) is 0 Å². The minimum atomic E-state index is -0.416. The molecule has 134 valence electrons. The van der Waals surface area contributed by atoms with Gasteiger partial charge >= 0.3 is 5.97 Å². The lowest BCUT2D eigenvalue weighted by molar-refractivity contribution is -0.142. The molecular formula is C17H36O5. The molecule has 0 aromatic rings. The first-order chi connectivity index (χ1) is 10.4. The summed E-state index contributed by atoms with van der Waals surface area (Å²) in [7, 11) is 1.35. The summed E-state index contributed by atoms with van der Waals surface area (Å²) >= 11 is 0. The van der Waals surface area contributed by atoms with Crippen LogP contribution in [0.15, 0.2) is 0 Å². The van der Waals surface area contributed by atoms with E-state index < -0.39 is 6.10 Å². The van der Waals surface area contributed by atoms with E-state index in [-0.39, 0.29) is 18.5 Å². The van der Waals surface area contributed by atoms with Crippen LogP contribution in [0.3, 0.4) is 0 Å². The Morgan fingerprint density at radius 1 is 1.14 bits per heavy atom. The third kappa shape index (κ3) is 19.4. The topological polar surface area (TPSA) is 65.0 Å². The van der Waals surface area contributed by atoms with Crippen LogP contribution in [0, 0.1) is 5.92 Å². The van der Waals surface area contributed by atoms with Crippen molar-refractivity contribution in [1.82, 2.24) is 0 Å². The van der Waals surface area contributed by atoms with Gasteiger partial charge in [-0.2, -0.15) is 0 Å². The number of aliphatic hydroxyl groups is 1. The van der Waals surface area contributed by atoms with Gasteiger partial charge in [0.15, 0.2) is 0 Å². The maximum Gasteiger partial charge on any atom is 0.307 e. The van der Waals surface area contributed by atoms with E-state index in [9.17, 15) is 9.90 Å². The Balaban J connectivity index is 0. The minimum Gasteiger partial charge on any atom is -0.469 e. The van der Waals surface area contributed by atoms with Crippen LogP contribution in [0.2, 0.25) is 0 Å². The van der Waals surface area contributed by atoms with Crippen molar-refractivity contribution in [3.05, 3.63) is 0 Å². The number of aliphatic hydroxyl groups excluding tert-OH is 1. The van der Waals surface area contributed by atoms with Crippen LogP contribution in [-0.4, -0.2) is 50.2 Å². The minimum absolute atomic E-state index is 0.118. The highest BCUT2D eigenvalue weighted by Gasteiger charge is 2.12. The zero-order valence-electron chi connectivity index (χ0n) is 15.3. The summed E-state index contributed by atoms with van der Waals surface area (Å²) in [6.45, 7) is 11.7. The van der Waals surface area contributed by atoms with E-state index >= 15 is 0 Å². The molecule has 0 bridgehead atoms. The molecule has 0 rings (SSSR count). The number of rotatable bonds is 11. The molecule has 0 aromatic heterocycles. The second kappa shape index (κ2) is 16.7. The lowest BCUT2D eigenvalue weighted by Crippen LogP contribution is -2.25. The molecule has 0 fully saturated rings. The molecule has 2 atom stereocenters. The highest BCUT2D eigenvalue weighted by atomic mass is 16.5. The van der Waals surface area contributed by atoms with E-state index in [1.165, 1.54) is 13.5 Å². The summed E-state index contributed by atoms with van der Waals surface area (Å²) in [5.74, 6) is 0.599. The normalized spacial score (nSPS) is 13.3. The van der Waals surface area contributed by atoms with Gasteiger partial charge in [-0.3, -0.25) is 4.79 Å². The monoisotopic (exact) mass is 320 g/mol. The third-order valence-corrected chi connectivity index (χ3v) is 2.96. The van der Waals surface area contributed by atoms with Crippen LogP contribution < -0.4 is 0 Å². The molecule has 0 radical (unpaired) electrons. The maximum atomic E-state index is 10.8. The number of carbonyl (C=O) groups excluding carboxylic acids is 1. The summed E-state index contributed by atoms with van der Waals surface area (Å²) in [5.41, 5.74) is 0. The van der Waals surface area contributed by atoms with Crippen LogP contribution >= 0.6 is 0 Å². The van der Waals surface area contributed by atoms with E-state index in [1.54, 1.807) is 6.92 Å². The van der Waals surface area contributed by atoms with Gasteiger partial charge in [0, 0.05) is 13.0 Å². The summed E-state index contributed by atoms with van der Waals surface area (Å²) in [4.78, 5) is 10.8. The molecule has 2 unspecified atom stereocenters. The number of methoxy groups -OCH3 is 1. The van der Waals surface area contributed by atoms with E-state index in [0.717, 1.165) is 12.3 Å². The van der Waals surface area contributed by atoms with Gasteiger partial charge < -0.3 is 19.3 Å². The van der Waals surface area contributed by atoms with Crippen molar-refractivity contribution in [2.45, 2.75) is 72.5 Å². The van der Waals surface area contributed by atoms with Crippen LogP contribution in [0.4, 0.5) is 0 Å². The molecule has 0 aromatic carbocycles. The van der Waals surface area contributed by atoms with Crippen molar-refractivity contribution >= 4 is 5.97 Å². The zero-order chi connectivity index (χ0) is 17.4. The Hall–Kier alpha value is -0.650. The van der Waals surface area contributed by atoms with Crippen LogP contribution in [0.5, 0.6) is 0 Å². The van der Waals surface area contributed by atoms with Gasteiger partial charge in [0.05, 0.1) is 39.0 Å². The van der Waals surface area contributed by atoms with Gasteiger partial charge in [-0.1, -0.05) is 34.1 Å². The quantitative estimate of drug-likeness (QED) is 0.468. The second-order valence-corrected chi connectivity index (χ2v) is 5.78. The Bertz CT molecular complexity index is 241. The number of ether oxygens (including phenoxy) is 3. The average Bonchev–Trinajstić information content (AvgIpc) is 2.48. The molecule has 0 spiro atoms. The largest absolute Gasteiger partial charge is 0.469 e. The number of esters is 1. The fraction of sp³-hybridized carbons (Fsp3) is 0.941. The van der Waals surface area contributed by atoms with Crippen molar-refractivity contribution in [2.75, 3.05) is 26.9 Å². The molecular weight excluding hydrogens is 284 g/mol. The molecule has 0 saturated heterocycles. The number of carbonyl (C=O) groups is 1. The standard InChI is InChI=1S/C12H24O5.C5H12/c1-4-6-17-11(8-10(2)13)9-16-7-5-12(14)15-3;1-4-5(2)3/h10-11,13H,4-9H2,1-3H3;5H,4H2,1-3H3. The lowest BCUT2D eigenvalue weighted by Gasteiger charge is -2.19. The second-order valence-electron chi connectivity index (χ2n) is 5.78. The Kier molecular flexibility index (Phi) is 17.9. The van der Waals surface area contributed by atoms with E-state index in [2.05, 4.69) is 25.5 Å². The number of hydrogen-bond acceptors (Lipinski definition) is 5. The molecule has 0 amide bonds. The van der Waals surface area contributed by atoms with Gasteiger partial charge in [0.25, 0.3) is 0 Å². The highest BCUT2D eigenvalue weighted by Crippen LogP contribution is 2.05. The van der Waals surface area contributed by atoms with Gasteiger partial charge in [-0.15, -0.1) is 0 Å². The molecule has 1 N–H and O–H groups in total. The third-order valence-electron chi connectivity index (χ3n) is 2.96. The van der Waals surface area contributed by atoms with Crippen molar-refractivity contribution in [1.29, 1.82) is 0 Å². The van der Waals surface area contributed by atoms with E-state index in [1.807, 2.05) is 6.92 Å². The lowest BCUT2D eigenvalue weighted by atomic mass is 10.2. The highest BCUT2D eigenvalue weighted by molar-refractivity contribution is 5.69. The Labute approximate surface area is 136 Å². The number of hydrogen-bond donors (Lipinski definition) is 1. The summed E-state index contributed by atoms with van der Waals surface area (Å²) in [6.07, 6.45) is 2.48. The Morgan fingerprint density at radius 3 is 2.14 bits per heavy atom. The fourth-order valence-electron chi connectivity index (χ4n) is 1.32. The first-order valence-electron chi connectivity index (χ1n) is 8.31. The van der Waals surface area contributed by atoms with Gasteiger partial charge in [0.2, 0.25) is 0 Å². The average molecular weight is 320 g/mol. The molecule has 0 aliphatic rings. The van der Waals surface area contributed by atoms with Crippen molar-refractivity contribution in [3.63, 3.8) is 0 Å². The molecule has 5 heteroatoms. The van der Waals surface area contributed by atoms with Crippen molar-refractivity contribution in [2.24, 2.45) is 5.92 Å². The van der Waals surface area contributed by atoms with E-state index in [0.29, 0.717) is 26.2 Å². The first-order valence-corrected chi connectivity index (χ1v) is 8.31.